The molecule has 0 radical (unpaired) electrons. The second-order valence-corrected chi connectivity index (χ2v) is 7.50. The minimum absolute atomic E-state index is 0.153. The molecule has 8 nitrogen and oxygen atoms in total. The van der Waals surface area contributed by atoms with Crippen molar-refractivity contribution in [2.24, 2.45) is 0 Å². The van der Waals surface area contributed by atoms with Gasteiger partial charge in [0.15, 0.2) is 0 Å². The molecule has 2 aromatic heterocycles. The molecule has 8 heteroatoms. The number of benzene rings is 3. The van der Waals surface area contributed by atoms with Crippen LogP contribution in [0.5, 0.6) is 0 Å². The third kappa shape index (κ3) is 3.78. The van der Waals surface area contributed by atoms with E-state index in [4.69, 9.17) is 4.52 Å². The molecular formula is C25H19N5O3. The highest BCUT2D eigenvalue weighted by Gasteiger charge is 2.15. The van der Waals surface area contributed by atoms with E-state index >= 15 is 0 Å². The van der Waals surface area contributed by atoms with Gasteiger partial charge in [0, 0.05) is 18.1 Å². The molecule has 5 rings (SSSR count). The number of nitrogens with zero attached hydrogens (tertiary/aromatic N) is 4. The number of nitrogens with one attached hydrogen (secondary N) is 1. The third-order valence-corrected chi connectivity index (χ3v) is 5.27. The molecule has 33 heavy (non-hydrogen) atoms. The Balaban J connectivity index is 1.44. The molecule has 0 saturated heterocycles. The standard InChI is InChI=1S/C25H19N5O3/c1-15-26-22-10-6-4-8-20(22)25(32)30(15)18-13-11-17(12-14-18)24(31)28-21-9-5-3-7-19(21)23-27-16(2)33-29-23/h3-14H,1-2H3,(H,28,31). The first-order valence-corrected chi connectivity index (χ1v) is 10.3. The lowest BCUT2D eigenvalue weighted by Gasteiger charge is -2.12. The zero-order valence-corrected chi connectivity index (χ0v) is 17.9. The minimum Gasteiger partial charge on any atom is -0.339 e. The average molecular weight is 437 g/mol. The van der Waals surface area contributed by atoms with Gasteiger partial charge in [-0.15, -0.1) is 0 Å². The van der Waals surface area contributed by atoms with Crippen molar-refractivity contribution >= 4 is 22.5 Å². The second-order valence-electron chi connectivity index (χ2n) is 7.50. The SMILES string of the molecule is Cc1nc(-c2ccccc2NC(=O)c2ccc(-n3c(C)nc4ccccc4c3=O)cc2)no1. The maximum Gasteiger partial charge on any atom is 0.265 e. The van der Waals surface area contributed by atoms with Gasteiger partial charge in [-0.1, -0.05) is 29.4 Å². The summed E-state index contributed by atoms with van der Waals surface area (Å²) < 4.78 is 6.60. The van der Waals surface area contributed by atoms with Gasteiger partial charge in [0.1, 0.15) is 5.82 Å². The molecule has 0 spiro atoms. The molecule has 5 aromatic rings. The number of hydrogen-bond acceptors (Lipinski definition) is 6. The molecule has 0 atom stereocenters. The topological polar surface area (TPSA) is 103 Å². The van der Waals surface area contributed by atoms with Gasteiger partial charge in [-0.05, 0) is 55.5 Å². The fraction of sp³-hybridized carbons (Fsp3) is 0.0800. The molecule has 162 valence electrons. The monoisotopic (exact) mass is 437 g/mol. The Hall–Kier alpha value is -4.59. The first kappa shape index (κ1) is 20.3. The third-order valence-electron chi connectivity index (χ3n) is 5.27. The van der Waals surface area contributed by atoms with E-state index in [9.17, 15) is 9.59 Å². The molecule has 0 unspecified atom stereocenters. The molecule has 2 heterocycles. The Morgan fingerprint density at radius 3 is 2.39 bits per heavy atom. The predicted molar refractivity (Wildman–Crippen MR) is 125 cm³/mol. The van der Waals surface area contributed by atoms with Gasteiger partial charge in [-0.3, -0.25) is 14.2 Å². The van der Waals surface area contributed by atoms with Crippen molar-refractivity contribution in [1.29, 1.82) is 0 Å². The van der Waals surface area contributed by atoms with E-state index in [1.54, 1.807) is 50.2 Å². The number of amides is 1. The number of anilines is 1. The normalized spacial score (nSPS) is 11.0. The summed E-state index contributed by atoms with van der Waals surface area (Å²) in [5.41, 5.74) is 2.80. The maximum atomic E-state index is 13.0. The molecule has 0 fully saturated rings. The summed E-state index contributed by atoms with van der Waals surface area (Å²) in [4.78, 5) is 34.7. The van der Waals surface area contributed by atoms with Crippen molar-refractivity contribution in [2.45, 2.75) is 13.8 Å². The number of rotatable bonds is 4. The molecular weight excluding hydrogens is 418 g/mol. The lowest BCUT2D eigenvalue weighted by molar-refractivity contribution is 0.102. The van der Waals surface area contributed by atoms with E-state index in [0.29, 0.717) is 50.9 Å². The Labute approximate surface area is 188 Å². The lowest BCUT2D eigenvalue weighted by atomic mass is 10.1. The zero-order chi connectivity index (χ0) is 22.9. The summed E-state index contributed by atoms with van der Waals surface area (Å²) in [7, 11) is 0. The van der Waals surface area contributed by atoms with Crippen LogP contribution in [0.1, 0.15) is 22.1 Å². The van der Waals surface area contributed by atoms with Crippen molar-refractivity contribution < 1.29 is 9.32 Å². The average Bonchev–Trinajstić information content (AvgIpc) is 3.26. The number of para-hydroxylation sites is 2. The molecule has 0 saturated carbocycles. The van der Waals surface area contributed by atoms with Crippen LogP contribution in [0.15, 0.2) is 82.1 Å². The van der Waals surface area contributed by atoms with Crippen LogP contribution in [-0.4, -0.2) is 25.6 Å². The molecule has 0 aliphatic carbocycles. The highest BCUT2D eigenvalue weighted by Crippen LogP contribution is 2.26. The van der Waals surface area contributed by atoms with Crippen molar-refractivity contribution in [3.8, 4) is 17.1 Å². The summed E-state index contributed by atoms with van der Waals surface area (Å²) in [6.07, 6.45) is 0. The first-order valence-electron chi connectivity index (χ1n) is 10.3. The van der Waals surface area contributed by atoms with Gasteiger partial charge in [-0.2, -0.15) is 4.98 Å². The van der Waals surface area contributed by atoms with Crippen LogP contribution >= 0.6 is 0 Å². The van der Waals surface area contributed by atoms with Crippen LogP contribution in [0, 0.1) is 13.8 Å². The fourth-order valence-corrected chi connectivity index (χ4v) is 3.70. The van der Waals surface area contributed by atoms with E-state index in [-0.39, 0.29) is 11.5 Å². The highest BCUT2D eigenvalue weighted by atomic mass is 16.5. The Morgan fingerprint density at radius 1 is 0.909 bits per heavy atom. The highest BCUT2D eigenvalue weighted by molar-refractivity contribution is 6.06. The number of carbonyl (C=O) groups is 1. The largest absolute Gasteiger partial charge is 0.339 e. The summed E-state index contributed by atoms with van der Waals surface area (Å²) >= 11 is 0. The van der Waals surface area contributed by atoms with Gasteiger partial charge in [-0.25, -0.2) is 4.98 Å². The van der Waals surface area contributed by atoms with Crippen LogP contribution in [0.4, 0.5) is 5.69 Å². The van der Waals surface area contributed by atoms with Crippen molar-refractivity contribution in [3.05, 3.63) is 100 Å². The van der Waals surface area contributed by atoms with E-state index in [1.165, 1.54) is 4.57 Å². The van der Waals surface area contributed by atoms with Crippen LogP contribution in [-0.2, 0) is 0 Å². The van der Waals surface area contributed by atoms with Gasteiger partial charge >= 0.3 is 0 Å². The van der Waals surface area contributed by atoms with Crippen LogP contribution in [0.25, 0.3) is 28.0 Å². The fourth-order valence-electron chi connectivity index (χ4n) is 3.70. The first-order chi connectivity index (χ1) is 16.0. The molecule has 0 bridgehead atoms. The van der Waals surface area contributed by atoms with E-state index in [1.807, 2.05) is 36.4 Å². The van der Waals surface area contributed by atoms with Crippen molar-refractivity contribution in [3.63, 3.8) is 0 Å². The zero-order valence-electron chi connectivity index (χ0n) is 17.9. The van der Waals surface area contributed by atoms with Crippen LogP contribution in [0.2, 0.25) is 0 Å². The number of carbonyl (C=O) groups excluding carboxylic acids is 1. The minimum atomic E-state index is -0.296. The molecule has 1 N–H and O–H groups in total. The molecule has 3 aromatic carbocycles. The maximum absolute atomic E-state index is 13.0. The summed E-state index contributed by atoms with van der Waals surface area (Å²) in [6, 6.07) is 21.3. The van der Waals surface area contributed by atoms with Crippen molar-refractivity contribution in [2.75, 3.05) is 5.32 Å². The predicted octanol–water partition coefficient (Wildman–Crippen LogP) is 4.30. The summed E-state index contributed by atoms with van der Waals surface area (Å²) in [6.45, 7) is 3.49. The number of fused-ring (bicyclic) bond motifs is 1. The van der Waals surface area contributed by atoms with Gasteiger partial charge in [0.2, 0.25) is 11.7 Å². The Kier molecular flexibility index (Phi) is 5.02. The molecule has 1 amide bonds. The van der Waals surface area contributed by atoms with Crippen molar-refractivity contribution in [1.82, 2.24) is 19.7 Å². The van der Waals surface area contributed by atoms with E-state index < -0.39 is 0 Å². The quantitative estimate of drug-likeness (QED) is 0.450. The molecule has 0 aliphatic heterocycles. The summed E-state index contributed by atoms with van der Waals surface area (Å²) in [5, 5.41) is 7.37. The van der Waals surface area contributed by atoms with Crippen LogP contribution < -0.4 is 10.9 Å². The Bertz CT molecular complexity index is 1550. The number of aryl methyl sites for hydroxylation is 2. The van der Waals surface area contributed by atoms with Crippen LogP contribution in [0.3, 0.4) is 0 Å². The van der Waals surface area contributed by atoms with Gasteiger partial charge in [0.05, 0.1) is 22.3 Å². The smallest absolute Gasteiger partial charge is 0.265 e. The second kappa shape index (κ2) is 8.16. The van der Waals surface area contributed by atoms with Gasteiger partial charge in [0.25, 0.3) is 11.5 Å². The van der Waals surface area contributed by atoms with E-state index in [2.05, 4.69) is 20.4 Å². The Morgan fingerprint density at radius 2 is 1.64 bits per heavy atom. The number of hydrogen-bond donors (Lipinski definition) is 1. The molecule has 0 aliphatic rings. The van der Waals surface area contributed by atoms with E-state index in [0.717, 1.165) is 0 Å². The van der Waals surface area contributed by atoms with Gasteiger partial charge < -0.3 is 9.84 Å². The number of aromatic nitrogens is 4. The lowest BCUT2D eigenvalue weighted by Crippen LogP contribution is -2.22. The summed E-state index contributed by atoms with van der Waals surface area (Å²) in [5.74, 6) is 1.11.